The van der Waals surface area contributed by atoms with E-state index >= 15 is 0 Å². The summed E-state index contributed by atoms with van der Waals surface area (Å²) in [6.07, 6.45) is 1.86. The second-order valence-electron chi connectivity index (χ2n) is 3.87. The van der Waals surface area contributed by atoms with E-state index in [1.165, 1.54) is 22.3 Å². The van der Waals surface area contributed by atoms with E-state index in [1.807, 2.05) is 25.0 Å². The molecule has 0 saturated heterocycles. The maximum atomic E-state index is 10.7. The molecule has 0 unspecified atom stereocenters. The third kappa shape index (κ3) is 1.89. The summed E-state index contributed by atoms with van der Waals surface area (Å²) in [5, 5.41) is 0. The zero-order chi connectivity index (χ0) is 12.3. The molecule has 0 fully saturated rings. The predicted octanol–water partition coefficient (Wildman–Crippen LogP) is 2.89. The molecule has 0 radical (unpaired) electrons. The smallest absolute Gasteiger partial charge is 0.150 e. The quantitative estimate of drug-likeness (QED) is 0.595. The maximum absolute atomic E-state index is 10.7. The molecule has 0 heterocycles. The van der Waals surface area contributed by atoms with Crippen molar-refractivity contribution in [2.75, 3.05) is 0 Å². The van der Waals surface area contributed by atoms with Crippen molar-refractivity contribution >= 4 is 13.1 Å². The molecule has 2 heteroatoms. The lowest BCUT2D eigenvalue weighted by molar-refractivity contribution is -0.0979. The highest BCUT2D eigenvalue weighted by molar-refractivity contribution is 5.82. The van der Waals surface area contributed by atoms with Crippen LogP contribution in [0, 0.1) is 0 Å². The predicted molar refractivity (Wildman–Crippen MR) is 67.2 cm³/mol. The van der Waals surface area contributed by atoms with Gasteiger partial charge in [-0.05, 0) is 34.7 Å². The van der Waals surface area contributed by atoms with Gasteiger partial charge in [-0.25, -0.2) is 0 Å². The van der Waals surface area contributed by atoms with Crippen molar-refractivity contribution < 1.29 is 9.59 Å². The van der Waals surface area contributed by atoms with E-state index in [4.69, 9.17) is 4.79 Å². The largest absolute Gasteiger partial charge is 0.307 e. The minimum absolute atomic E-state index is 0.765. The fraction of sp³-hybridized carbons (Fsp3) is 0.0667. The van der Waals surface area contributed by atoms with Crippen LogP contribution < -0.4 is 0 Å². The third-order valence-electron chi connectivity index (χ3n) is 2.95. The zero-order valence-electron chi connectivity index (χ0n) is 9.35. The summed E-state index contributed by atoms with van der Waals surface area (Å²) in [5.41, 5.74) is 5.97. The van der Waals surface area contributed by atoms with E-state index in [0.29, 0.717) is 0 Å². The number of carbonyl (C=O) groups is 2. The first-order valence-corrected chi connectivity index (χ1v) is 5.34. The highest BCUT2D eigenvalue weighted by atomic mass is 16.1. The molecular weight excluding hydrogens is 212 g/mol. The van der Waals surface area contributed by atoms with Crippen LogP contribution in [0.25, 0.3) is 11.1 Å². The van der Waals surface area contributed by atoms with Gasteiger partial charge in [0.2, 0.25) is 0 Å². The first-order valence-electron chi connectivity index (χ1n) is 5.34. The van der Waals surface area contributed by atoms with Gasteiger partial charge in [0.15, 0.2) is 0 Å². The molecular formula is C15H12O2. The van der Waals surface area contributed by atoms with E-state index in [2.05, 4.69) is 24.3 Å². The molecule has 2 nitrogen and oxygen atoms in total. The monoisotopic (exact) mass is 224 g/mol. The van der Waals surface area contributed by atoms with Crippen molar-refractivity contribution in [3.8, 4) is 11.1 Å². The molecule has 2 aromatic carbocycles. The van der Waals surface area contributed by atoms with Crippen LogP contribution in [0.2, 0.25) is 0 Å². The average Bonchev–Trinajstić information content (AvgIpc) is 2.78. The number of carbonyl (C=O) groups excluding carboxylic acids is 2. The number of fused-ring (bicyclic) bond motifs is 3. The molecule has 1 aliphatic carbocycles. The van der Waals surface area contributed by atoms with Crippen LogP contribution in [0.1, 0.15) is 21.5 Å². The van der Waals surface area contributed by atoms with E-state index in [0.717, 1.165) is 18.3 Å². The summed E-state index contributed by atoms with van der Waals surface area (Å²) in [6.45, 7) is 2.00. The molecule has 0 atom stereocenters. The number of rotatable bonds is 1. The Kier molecular flexibility index (Phi) is 3.15. The normalized spacial score (nSPS) is 10.8. The van der Waals surface area contributed by atoms with Crippen molar-refractivity contribution in [1.82, 2.24) is 0 Å². The van der Waals surface area contributed by atoms with E-state index in [9.17, 15) is 4.79 Å². The Morgan fingerprint density at radius 3 is 2.41 bits per heavy atom. The van der Waals surface area contributed by atoms with Crippen LogP contribution in [0.3, 0.4) is 0 Å². The number of hydrogen-bond acceptors (Lipinski definition) is 2. The lowest BCUT2D eigenvalue weighted by Gasteiger charge is -2.00. The average molecular weight is 224 g/mol. The van der Waals surface area contributed by atoms with Gasteiger partial charge in [0, 0.05) is 5.56 Å². The Morgan fingerprint density at radius 2 is 1.65 bits per heavy atom. The molecule has 0 spiro atoms. The number of benzene rings is 2. The van der Waals surface area contributed by atoms with Crippen LogP contribution in [0.15, 0.2) is 42.5 Å². The van der Waals surface area contributed by atoms with E-state index in [-0.39, 0.29) is 0 Å². The second kappa shape index (κ2) is 4.74. The lowest BCUT2D eigenvalue weighted by atomic mass is 10.0. The maximum Gasteiger partial charge on any atom is 0.150 e. The fourth-order valence-electron chi connectivity index (χ4n) is 2.24. The van der Waals surface area contributed by atoms with Crippen molar-refractivity contribution in [2.24, 2.45) is 0 Å². The molecule has 0 amide bonds. The minimum atomic E-state index is 0.765. The van der Waals surface area contributed by atoms with Gasteiger partial charge >= 0.3 is 0 Å². The Morgan fingerprint density at radius 1 is 0.941 bits per heavy atom. The highest BCUT2D eigenvalue weighted by Gasteiger charge is 2.17. The Hall–Kier alpha value is -2.22. The summed E-state index contributed by atoms with van der Waals surface area (Å²) < 4.78 is 0. The highest BCUT2D eigenvalue weighted by Crippen LogP contribution is 2.36. The van der Waals surface area contributed by atoms with Gasteiger partial charge in [-0.15, -0.1) is 0 Å². The van der Waals surface area contributed by atoms with E-state index in [1.54, 1.807) is 0 Å². The molecule has 17 heavy (non-hydrogen) atoms. The standard InChI is InChI=1S/C14H10O.CH2O/c15-9-10-5-6-14-12(7-10)8-11-3-1-2-4-13(11)14;1-2/h1-7,9H,8H2;1H2. The minimum Gasteiger partial charge on any atom is -0.307 e. The van der Waals surface area contributed by atoms with Gasteiger partial charge in [-0.1, -0.05) is 36.4 Å². The molecule has 2 aromatic rings. The molecule has 0 aliphatic heterocycles. The van der Waals surface area contributed by atoms with Crippen LogP contribution in [0.4, 0.5) is 0 Å². The van der Waals surface area contributed by atoms with Crippen LogP contribution >= 0.6 is 0 Å². The molecule has 0 saturated carbocycles. The molecule has 0 N–H and O–H groups in total. The van der Waals surface area contributed by atoms with Crippen molar-refractivity contribution in [1.29, 1.82) is 0 Å². The van der Waals surface area contributed by atoms with Crippen molar-refractivity contribution in [2.45, 2.75) is 6.42 Å². The zero-order valence-corrected chi connectivity index (χ0v) is 9.35. The van der Waals surface area contributed by atoms with Crippen LogP contribution in [0.5, 0.6) is 0 Å². The Balaban J connectivity index is 0.000000514. The topological polar surface area (TPSA) is 34.1 Å². The molecule has 1 aliphatic rings. The van der Waals surface area contributed by atoms with Crippen molar-refractivity contribution in [3.63, 3.8) is 0 Å². The molecule has 0 bridgehead atoms. The fourth-order valence-corrected chi connectivity index (χ4v) is 2.24. The first kappa shape index (κ1) is 11.3. The molecule has 3 rings (SSSR count). The van der Waals surface area contributed by atoms with Gasteiger partial charge in [0.25, 0.3) is 0 Å². The first-order chi connectivity index (χ1) is 8.38. The van der Waals surface area contributed by atoms with Crippen molar-refractivity contribution in [3.05, 3.63) is 59.2 Å². The molecule has 0 aromatic heterocycles. The van der Waals surface area contributed by atoms with E-state index < -0.39 is 0 Å². The third-order valence-corrected chi connectivity index (χ3v) is 2.95. The number of hydrogen-bond donors (Lipinski definition) is 0. The summed E-state index contributed by atoms with van der Waals surface area (Å²) in [7, 11) is 0. The summed E-state index contributed by atoms with van der Waals surface area (Å²) >= 11 is 0. The lowest BCUT2D eigenvalue weighted by Crippen LogP contribution is -1.84. The van der Waals surface area contributed by atoms with Crippen LogP contribution in [-0.4, -0.2) is 13.1 Å². The summed E-state index contributed by atoms with van der Waals surface area (Å²) in [6, 6.07) is 14.3. The van der Waals surface area contributed by atoms with Crippen LogP contribution in [-0.2, 0) is 11.2 Å². The second-order valence-corrected chi connectivity index (χ2v) is 3.87. The summed E-state index contributed by atoms with van der Waals surface area (Å²) in [4.78, 5) is 18.7. The molecule has 84 valence electrons. The van der Waals surface area contributed by atoms with Gasteiger partial charge in [0.1, 0.15) is 13.1 Å². The Labute approximate surface area is 99.9 Å². The van der Waals surface area contributed by atoms with Gasteiger partial charge in [-0.2, -0.15) is 0 Å². The SMILES string of the molecule is C=O.O=Cc1ccc2c(c1)Cc1ccccc1-2. The number of aldehydes is 1. The van der Waals surface area contributed by atoms with Gasteiger partial charge < -0.3 is 4.79 Å². The van der Waals surface area contributed by atoms with Gasteiger partial charge in [-0.3, -0.25) is 4.79 Å². The van der Waals surface area contributed by atoms with Gasteiger partial charge in [0.05, 0.1) is 0 Å². The Bertz CT molecular complexity index is 559. The summed E-state index contributed by atoms with van der Waals surface area (Å²) in [5.74, 6) is 0.